The molecule has 0 aliphatic rings. The molecule has 1 amide bonds. The zero-order valence-electron chi connectivity index (χ0n) is 12.6. The molecule has 0 aliphatic carbocycles. The van der Waals surface area contributed by atoms with Crippen molar-refractivity contribution in [2.75, 3.05) is 5.32 Å². The number of halogens is 2. The first-order chi connectivity index (χ1) is 12.1. The molecular formula is C18H10Cl2N2O2S. The van der Waals surface area contributed by atoms with Crippen LogP contribution in [0.2, 0.25) is 10.0 Å². The van der Waals surface area contributed by atoms with Crippen LogP contribution in [0.3, 0.4) is 0 Å². The first kappa shape index (κ1) is 16.1. The molecule has 4 rings (SSSR count). The van der Waals surface area contributed by atoms with Crippen molar-refractivity contribution >= 4 is 56.5 Å². The van der Waals surface area contributed by atoms with Gasteiger partial charge in [0.15, 0.2) is 10.9 Å². The van der Waals surface area contributed by atoms with Crippen LogP contribution in [-0.2, 0) is 0 Å². The van der Waals surface area contributed by atoms with Crippen LogP contribution >= 0.6 is 34.5 Å². The minimum atomic E-state index is -0.324. The SMILES string of the molecule is O=C(Nc1nc(-c2cc3ccccc3o2)cs1)c1cc(Cl)cc(Cl)c1. The third-order valence-electron chi connectivity index (χ3n) is 3.53. The number of aromatic nitrogens is 1. The normalized spacial score (nSPS) is 11.0. The van der Waals surface area contributed by atoms with E-state index in [2.05, 4.69) is 10.3 Å². The second-order valence-electron chi connectivity index (χ2n) is 5.30. The van der Waals surface area contributed by atoms with Gasteiger partial charge in [-0.15, -0.1) is 11.3 Å². The van der Waals surface area contributed by atoms with Gasteiger partial charge in [-0.25, -0.2) is 4.98 Å². The van der Waals surface area contributed by atoms with E-state index in [9.17, 15) is 4.79 Å². The van der Waals surface area contributed by atoms with Crippen LogP contribution < -0.4 is 5.32 Å². The Morgan fingerprint density at radius 2 is 1.84 bits per heavy atom. The van der Waals surface area contributed by atoms with Gasteiger partial charge in [0.05, 0.1) is 0 Å². The highest BCUT2D eigenvalue weighted by atomic mass is 35.5. The molecule has 2 aromatic heterocycles. The van der Waals surface area contributed by atoms with Crippen LogP contribution in [0, 0.1) is 0 Å². The number of thiazole rings is 1. The Labute approximate surface area is 157 Å². The van der Waals surface area contributed by atoms with E-state index in [4.69, 9.17) is 27.6 Å². The molecule has 25 heavy (non-hydrogen) atoms. The minimum Gasteiger partial charge on any atom is -0.454 e. The number of hydrogen-bond acceptors (Lipinski definition) is 4. The molecule has 1 N–H and O–H groups in total. The van der Waals surface area contributed by atoms with Crippen LogP contribution in [0.25, 0.3) is 22.4 Å². The van der Waals surface area contributed by atoms with Crippen molar-refractivity contribution in [3.63, 3.8) is 0 Å². The molecule has 2 aromatic carbocycles. The van der Waals surface area contributed by atoms with Crippen LogP contribution in [0.1, 0.15) is 10.4 Å². The van der Waals surface area contributed by atoms with Crippen molar-refractivity contribution in [3.05, 3.63) is 69.5 Å². The van der Waals surface area contributed by atoms with Crippen molar-refractivity contribution in [1.29, 1.82) is 0 Å². The lowest BCUT2D eigenvalue weighted by molar-refractivity contribution is 0.102. The fourth-order valence-corrected chi connectivity index (χ4v) is 3.63. The van der Waals surface area contributed by atoms with E-state index in [1.54, 1.807) is 18.2 Å². The second-order valence-corrected chi connectivity index (χ2v) is 7.03. The van der Waals surface area contributed by atoms with Crippen molar-refractivity contribution in [2.24, 2.45) is 0 Å². The molecule has 0 radical (unpaired) electrons. The largest absolute Gasteiger partial charge is 0.454 e. The number of anilines is 1. The molecule has 0 spiro atoms. The highest BCUT2D eigenvalue weighted by molar-refractivity contribution is 7.14. The predicted molar refractivity (Wildman–Crippen MR) is 102 cm³/mol. The molecule has 0 aliphatic heterocycles. The summed E-state index contributed by atoms with van der Waals surface area (Å²) in [5.74, 6) is 0.332. The van der Waals surface area contributed by atoms with Gasteiger partial charge >= 0.3 is 0 Å². The van der Waals surface area contributed by atoms with E-state index in [0.717, 1.165) is 11.0 Å². The molecule has 0 saturated heterocycles. The lowest BCUT2D eigenvalue weighted by Crippen LogP contribution is -2.11. The summed E-state index contributed by atoms with van der Waals surface area (Å²) < 4.78 is 5.79. The fourth-order valence-electron chi connectivity index (χ4n) is 2.41. The van der Waals surface area contributed by atoms with E-state index < -0.39 is 0 Å². The van der Waals surface area contributed by atoms with E-state index >= 15 is 0 Å². The zero-order valence-corrected chi connectivity index (χ0v) is 15.0. The Balaban J connectivity index is 1.57. The maximum absolute atomic E-state index is 12.3. The smallest absolute Gasteiger partial charge is 0.257 e. The summed E-state index contributed by atoms with van der Waals surface area (Å²) in [5.41, 5.74) is 1.84. The molecule has 4 nitrogen and oxygen atoms in total. The lowest BCUT2D eigenvalue weighted by Gasteiger charge is -2.03. The highest BCUT2D eigenvalue weighted by Gasteiger charge is 2.13. The third kappa shape index (κ3) is 3.39. The first-order valence-corrected chi connectivity index (χ1v) is 8.94. The van der Waals surface area contributed by atoms with Gasteiger partial charge in [0, 0.05) is 26.4 Å². The predicted octanol–water partition coefficient (Wildman–Crippen LogP) is 6.12. The number of furan rings is 1. The number of benzene rings is 2. The van der Waals surface area contributed by atoms with Crippen LogP contribution in [-0.4, -0.2) is 10.9 Å². The monoisotopic (exact) mass is 388 g/mol. The summed E-state index contributed by atoms with van der Waals surface area (Å²) in [5, 5.41) is 6.86. The highest BCUT2D eigenvalue weighted by Crippen LogP contribution is 2.30. The van der Waals surface area contributed by atoms with E-state index in [1.807, 2.05) is 35.7 Å². The molecule has 0 saturated carbocycles. The van der Waals surface area contributed by atoms with Gasteiger partial charge in [-0.05, 0) is 30.3 Å². The number of para-hydroxylation sites is 1. The maximum Gasteiger partial charge on any atom is 0.257 e. The molecule has 0 atom stereocenters. The standard InChI is InChI=1S/C18H10Cl2N2O2S/c19-12-5-11(6-13(20)8-12)17(23)22-18-21-14(9-25-18)16-7-10-3-1-2-4-15(10)24-16/h1-9H,(H,21,22,23). The number of fused-ring (bicyclic) bond motifs is 1. The van der Waals surface area contributed by atoms with Crippen LogP contribution in [0.5, 0.6) is 0 Å². The minimum absolute atomic E-state index is 0.324. The summed E-state index contributed by atoms with van der Waals surface area (Å²) in [6, 6.07) is 14.3. The number of nitrogens with zero attached hydrogens (tertiary/aromatic N) is 1. The molecule has 124 valence electrons. The average molecular weight is 389 g/mol. The number of nitrogens with one attached hydrogen (secondary N) is 1. The van der Waals surface area contributed by atoms with E-state index in [-0.39, 0.29) is 5.91 Å². The topological polar surface area (TPSA) is 55.1 Å². The summed E-state index contributed by atoms with van der Waals surface area (Å²) in [4.78, 5) is 16.7. The number of carbonyl (C=O) groups is 1. The fraction of sp³-hybridized carbons (Fsp3) is 0. The Kier molecular flexibility index (Phi) is 4.21. The summed E-state index contributed by atoms with van der Waals surface area (Å²) >= 11 is 13.2. The Morgan fingerprint density at radius 3 is 2.60 bits per heavy atom. The van der Waals surface area contributed by atoms with Gasteiger partial charge in [0.2, 0.25) is 0 Å². The molecule has 0 unspecified atom stereocenters. The summed E-state index contributed by atoms with van der Waals surface area (Å²) in [6.45, 7) is 0. The van der Waals surface area contributed by atoms with Crippen molar-refractivity contribution in [2.45, 2.75) is 0 Å². The molecule has 0 fully saturated rings. The molecular weight excluding hydrogens is 379 g/mol. The van der Waals surface area contributed by atoms with Gasteiger partial charge < -0.3 is 4.42 Å². The average Bonchev–Trinajstić information content (AvgIpc) is 3.20. The molecule has 0 bridgehead atoms. The summed E-state index contributed by atoms with van der Waals surface area (Å²) in [6.07, 6.45) is 0. The Hall–Kier alpha value is -2.34. The van der Waals surface area contributed by atoms with E-state index in [1.165, 1.54) is 11.3 Å². The number of amides is 1. The van der Waals surface area contributed by atoms with Crippen molar-refractivity contribution < 1.29 is 9.21 Å². The third-order valence-corrected chi connectivity index (χ3v) is 4.72. The van der Waals surface area contributed by atoms with Gasteiger partial charge in [0.1, 0.15) is 11.3 Å². The van der Waals surface area contributed by atoms with Crippen molar-refractivity contribution in [3.8, 4) is 11.5 Å². The summed E-state index contributed by atoms with van der Waals surface area (Å²) in [7, 11) is 0. The van der Waals surface area contributed by atoms with Crippen molar-refractivity contribution in [1.82, 2.24) is 4.98 Å². The number of hydrogen-bond donors (Lipinski definition) is 1. The number of rotatable bonds is 3. The Bertz CT molecular complexity index is 1030. The molecule has 2 heterocycles. The Morgan fingerprint density at radius 1 is 1.08 bits per heavy atom. The van der Waals surface area contributed by atoms with Gasteiger partial charge in [0.25, 0.3) is 5.91 Å². The van der Waals surface area contributed by atoms with Crippen LogP contribution in [0.4, 0.5) is 5.13 Å². The molecule has 7 heteroatoms. The molecule has 4 aromatic rings. The van der Waals surface area contributed by atoms with E-state index in [0.29, 0.717) is 32.2 Å². The van der Waals surface area contributed by atoms with Gasteiger partial charge in [-0.1, -0.05) is 41.4 Å². The van der Waals surface area contributed by atoms with Gasteiger partial charge in [-0.3, -0.25) is 10.1 Å². The second kappa shape index (κ2) is 6.52. The maximum atomic E-state index is 12.3. The quantitative estimate of drug-likeness (QED) is 0.460. The lowest BCUT2D eigenvalue weighted by atomic mass is 10.2. The number of carbonyl (C=O) groups excluding carboxylic acids is 1. The van der Waals surface area contributed by atoms with Gasteiger partial charge in [-0.2, -0.15) is 0 Å². The zero-order chi connectivity index (χ0) is 17.4. The first-order valence-electron chi connectivity index (χ1n) is 7.30. The van der Waals surface area contributed by atoms with Crippen LogP contribution in [0.15, 0.2) is 58.3 Å².